The van der Waals surface area contributed by atoms with Crippen LogP contribution in [0.3, 0.4) is 0 Å². The van der Waals surface area contributed by atoms with Crippen molar-refractivity contribution in [3.63, 3.8) is 0 Å². The molecular formula is C20H34N4O. The Kier molecular flexibility index (Phi) is 7.72. The van der Waals surface area contributed by atoms with Gasteiger partial charge in [-0.1, -0.05) is 43.7 Å². The van der Waals surface area contributed by atoms with Crippen molar-refractivity contribution in [3.05, 3.63) is 35.4 Å². The third-order valence-electron chi connectivity index (χ3n) is 5.00. The molecule has 1 aliphatic rings. The molecule has 2 atom stereocenters. The molecule has 1 aromatic rings. The number of aliphatic imine (C=N–C) groups is 1. The summed E-state index contributed by atoms with van der Waals surface area (Å²) in [6, 6.07) is 9.56. The Labute approximate surface area is 152 Å². The number of hydrogen-bond acceptors (Lipinski definition) is 3. The zero-order valence-electron chi connectivity index (χ0n) is 16.4. The van der Waals surface area contributed by atoms with Gasteiger partial charge < -0.3 is 15.4 Å². The summed E-state index contributed by atoms with van der Waals surface area (Å²) in [7, 11) is 1.83. The van der Waals surface area contributed by atoms with E-state index in [9.17, 15) is 0 Å². The molecule has 1 saturated heterocycles. The summed E-state index contributed by atoms with van der Waals surface area (Å²) in [5.41, 5.74) is 2.63. The van der Waals surface area contributed by atoms with Crippen LogP contribution < -0.4 is 10.6 Å². The summed E-state index contributed by atoms with van der Waals surface area (Å²) in [4.78, 5) is 6.89. The van der Waals surface area contributed by atoms with Crippen molar-refractivity contribution in [1.82, 2.24) is 15.5 Å². The van der Waals surface area contributed by atoms with Crippen molar-refractivity contribution in [2.75, 3.05) is 39.9 Å². The number of guanidine groups is 1. The zero-order chi connectivity index (χ0) is 18.2. The minimum absolute atomic E-state index is 0.317. The quantitative estimate of drug-likeness (QED) is 0.614. The lowest BCUT2D eigenvalue weighted by Gasteiger charge is -2.35. The van der Waals surface area contributed by atoms with E-state index in [1.165, 1.54) is 11.1 Å². The fourth-order valence-corrected chi connectivity index (χ4v) is 2.91. The molecule has 0 spiro atoms. The first-order valence-corrected chi connectivity index (χ1v) is 9.36. The molecule has 0 amide bonds. The molecule has 1 aliphatic heterocycles. The van der Waals surface area contributed by atoms with Crippen LogP contribution in [0.25, 0.3) is 0 Å². The number of rotatable bonds is 6. The topological polar surface area (TPSA) is 48.9 Å². The van der Waals surface area contributed by atoms with Crippen LogP contribution in [0.1, 0.15) is 37.9 Å². The summed E-state index contributed by atoms with van der Waals surface area (Å²) in [5.74, 6) is 1.43. The van der Waals surface area contributed by atoms with E-state index in [1.807, 2.05) is 7.05 Å². The highest BCUT2D eigenvalue weighted by molar-refractivity contribution is 5.80. The summed E-state index contributed by atoms with van der Waals surface area (Å²) in [6.07, 6.45) is 0. The molecule has 1 heterocycles. The second-order valence-corrected chi connectivity index (χ2v) is 7.20. The van der Waals surface area contributed by atoms with Crippen molar-refractivity contribution in [2.24, 2.45) is 10.9 Å². The maximum Gasteiger partial charge on any atom is 0.191 e. The minimum atomic E-state index is 0.317. The second kappa shape index (κ2) is 9.78. The van der Waals surface area contributed by atoms with Gasteiger partial charge in [0.25, 0.3) is 0 Å². The summed E-state index contributed by atoms with van der Waals surface area (Å²) < 4.78 is 5.53. The molecule has 0 aliphatic carbocycles. The van der Waals surface area contributed by atoms with E-state index < -0.39 is 0 Å². The highest BCUT2D eigenvalue weighted by atomic mass is 16.5. The van der Waals surface area contributed by atoms with Gasteiger partial charge in [-0.25, -0.2) is 0 Å². The van der Waals surface area contributed by atoms with Crippen LogP contribution in [0.2, 0.25) is 0 Å². The number of hydrogen-bond donors (Lipinski definition) is 2. The Morgan fingerprint density at radius 1 is 1.16 bits per heavy atom. The summed E-state index contributed by atoms with van der Waals surface area (Å²) in [6.45, 7) is 13.1. The predicted molar refractivity (Wildman–Crippen MR) is 105 cm³/mol. The second-order valence-electron chi connectivity index (χ2n) is 7.20. The van der Waals surface area contributed by atoms with Gasteiger partial charge in [-0.2, -0.15) is 0 Å². The SMILES string of the molecule is CN=C(NCC(c1ccc(C)cc1)N1CCOCC1)NC(C)C(C)C. The van der Waals surface area contributed by atoms with E-state index in [1.54, 1.807) is 0 Å². The maximum absolute atomic E-state index is 5.53. The molecule has 5 heteroatoms. The predicted octanol–water partition coefficient (Wildman–Crippen LogP) is 2.58. The Bertz CT molecular complexity index is 535. The normalized spacial score (nSPS) is 18.9. The fourth-order valence-electron chi connectivity index (χ4n) is 2.91. The van der Waals surface area contributed by atoms with Gasteiger partial charge in [0.15, 0.2) is 5.96 Å². The number of ether oxygens (including phenoxy) is 1. The summed E-state index contributed by atoms with van der Waals surface area (Å²) >= 11 is 0. The molecule has 0 bridgehead atoms. The number of aryl methyl sites for hydroxylation is 1. The first-order chi connectivity index (χ1) is 12.0. The first-order valence-electron chi connectivity index (χ1n) is 9.36. The molecule has 25 heavy (non-hydrogen) atoms. The highest BCUT2D eigenvalue weighted by Crippen LogP contribution is 2.21. The monoisotopic (exact) mass is 346 g/mol. The lowest BCUT2D eigenvalue weighted by Crippen LogP contribution is -2.48. The Hall–Kier alpha value is -1.59. The van der Waals surface area contributed by atoms with Crippen LogP contribution in [0.15, 0.2) is 29.3 Å². The highest BCUT2D eigenvalue weighted by Gasteiger charge is 2.23. The van der Waals surface area contributed by atoms with Crippen molar-refractivity contribution < 1.29 is 4.74 Å². The van der Waals surface area contributed by atoms with Crippen LogP contribution in [0, 0.1) is 12.8 Å². The molecule has 2 N–H and O–H groups in total. The molecule has 1 aromatic carbocycles. The number of benzene rings is 1. The third-order valence-corrected chi connectivity index (χ3v) is 5.00. The Morgan fingerprint density at radius 2 is 1.80 bits per heavy atom. The van der Waals surface area contributed by atoms with Crippen molar-refractivity contribution >= 4 is 5.96 Å². The van der Waals surface area contributed by atoms with E-state index in [-0.39, 0.29) is 0 Å². The van der Waals surface area contributed by atoms with Crippen molar-refractivity contribution in [3.8, 4) is 0 Å². The number of morpholine rings is 1. The van der Waals surface area contributed by atoms with Crippen molar-refractivity contribution in [1.29, 1.82) is 0 Å². The number of nitrogens with one attached hydrogen (secondary N) is 2. The molecule has 0 aromatic heterocycles. The van der Waals surface area contributed by atoms with E-state index in [4.69, 9.17) is 4.74 Å². The van der Waals surface area contributed by atoms with Crippen LogP contribution in [0.4, 0.5) is 0 Å². The zero-order valence-corrected chi connectivity index (χ0v) is 16.4. The Morgan fingerprint density at radius 3 is 2.36 bits per heavy atom. The first kappa shape index (κ1) is 19.7. The standard InChI is InChI=1S/C20H34N4O/c1-15(2)17(4)23-20(21-5)22-14-19(24-10-12-25-13-11-24)18-8-6-16(3)7-9-18/h6-9,15,17,19H,10-14H2,1-5H3,(H2,21,22,23). The molecule has 140 valence electrons. The smallest absolute Gasteiger partial charge is 0.191 e. The molecular weight excluding hydrogens is 312 g/mol. The van der Waals surface area contributed by atoms with Crippen LogP contribution in [-0.2, 0) is 4.74 Å². The van der Waals surface area contributed by atoms with E-state index in [0.29, 0.717) is 18.0 Å². The Balaban J connectivity index is 2.06. The fraction of sp³-hybridized carbons (Fsp3) is 0.650. The third kappa shape index (κ3) is 6.01. The van der Waals surface area contributed by atoms with Gasteiger partial charge in [-0.05, 0) is 25.3 Å². The van der Waals surface area contributed by atoms with Gasteiger partial charge in [0.2, 0.25) is 0 Å². The van der Waals surface area contributed by atoms with Gasteiger partial charge in [-0.3, -0.25) is 9.89 Å². The van der Waals surface area contributed by atoms with Crippen LogP contribution >= 0.6 is 0 Å². The van der Waals surface area contributed by atoms with Gasteiger partial charge >= 0.3 is 0 Å². The van der Waals surface area contributed by atoms with E-state index in [2.05, 4.69) is 72.5 Å². The largest absolute Gasteiger partial charge is 0.379 e. The van der Waals surface area contributed by atoms with E-state index >= 15 is 0 Å². The van der Waals surface area contributed by atoms with Crippen molar-refractivity contribution in [2.45, 2.75) is 39.8 Å². The average molecular weight is 347 g/mol. The number of nitrogens with zero attached hydrogens (tertiary/aromatic N) is 2. The molecule has 0 saturated carbocycles. The van der Waals surface area contributed by atoms with Gasteiger partial charge in [-0.15, -0.1) is 0 Å². The van der Waals surface area contributed by atoms with Gasteiger partial charge in [0.05, 0.1) is 19.3 Å². The molecule has 5 nitrogen and oxygen atoms in total. The maximum atomic E-state index is 5.53. The minimum Gasteiger partial charge on any atom is -0.379 e. The van der Waals surface area contributed by atoms with Gasteiger partial charge in [0, 0.05) is 32.7 Å². The lowest BCUT2D eigenvalue weighted by molar-refractivity contribution is 0.0170. The van der Waals surface area contributed by atoms with E-state index in [0.717, 1.165) is 38.8 Å². The molecule has 0 radical (unpaired) electrons. The van der Waals surface area contributed by atoms with Crippen LogP contribution in [-0.4, -0.2) is 56.8 Å². The molecule has 1 fully saturated rings. The molecule has 2 unspecified atom stereocenters. The van der Waals surface area contributed by atoms with Crippen LogP contribution in [0.5, 0.6) is 0 Å². The average Bonchev–Trinajstić information content (AvgIpc) is 2.62. The lowest BCUT2D eigenvalue weighted by atomic mass is 10.0. The van der Waals surface area contributed by atoms with Gasteiger partial charge in [0.1, 0.15) is 0 Å². The summed E-state index contributed by atoms with van der Waals surface area (Å²) in [5, 5.41) is 7.00. The molecule has 2 rings (SSSR count).